The van der Waals surface area contributed by atoms with E-state index in [0.717, 1.165) is 0 Å². The van der Waals surface area contributed by atoms with Crippen LogP contribution in [0.25, 0.3) is 0 Å². The fourth-order valence-electron chi connectivity index (χ4n) is 1.55. The normalized spacial score (nSPS) is 9.65. The van der Waals surface area contributed by atoms with Crippen LogP contribution in [0, 0.1) is 0 Å². The molecule has 26 heavy (non-hydrogen) atoms. The number of carbonyl (C=O) groups excluding carboxylic acids is 4. The van der Waals surface area contributed by atoms with Crippen molar-refractivity contribution in [3.8, 4) is 0 Å². The van der Waals surface area contributed by atoms with E-state index >= 15 is 0 Å². The molecule has 0 aromatic heterocycles. The Morgan fingerprint density at radius 1 is 0.654 bits per heavy atom. The van der Waals surface area contributed by atoms with Crippen LogP contribution < -0.4 is 0 Å². The molecule has 0 saturated heterocycles. The minimum absolute atomic E-state index is 0. The molecule has 0 aliphatic rings. The molecule has 0 aromatic rings. The monoisotopic (exact) mass is 450 g/mol. The van der Waals surface area contributed by atoms with Gasteiger partial charge in [-0.05, 0) is 25.7 Å². The predicted molar refractivity (Wildman–Crippen MR) is 103 cm³/mol. The first-order chi connectivity index (χ1) is 11.4. The number of hydrogen-bond donors (Lipinski definition) is 0. The predicted octanol–water partition coefficient (Wildman–Crippen LogP) is 1.09. The average molecular weight is 451 g/mol. The van der Waals surface area contributed by atoms with Gasteiger partial charge in [-0.2, -0.15) is 4.21 Å². The summed E-state index contributed by atoms with van der Waals surface area (Å²) in [5, 5.41) is 0. The minimum atomic E-state index is -2.82. The molecule has 0 amide bonds. The van der Waals surface area contributed by atoms with E-state index in [1.807, 2.05) is 0 Å². The number of alkyl halides is 2. The van der Waals surface area contributed by atoms with Gasteiger partial charge in [-0.1, -0.05) is 12.8 Å². The number of halogens is 2. The van der Waals surface area contributed by atoms with Crippen molar-refractivity contribution in [1.29, 1.82) is 0 Å². The van der Waals surface area contributed by atoms with Crippen molar-refractivity contribution in [2.45, 2.75) is 51.4 Å². The van der Waals surface area contributed by atoms with Gasteiger partial charge in [0.25, 0.3) is 0 Å². The summed E-state index contributed by atoms with van der Waals surface area (Å²) in [5.41, 5.74) is 0. The summed E-state index contributed by atoms with van der Waals surface area (Å²) >= 11 is 8.12. The van der Waals surface area contributed by atoms with Crippen molar-refractivity contribution in [2.75, 3.05) is 11.8 Å². The Hall–Kier alpha value is 1.01. The summed E-state index contributed by atoms with van der Waals surface area (Å²) in [4.78, 5) is 45.5. The number of hydrogen-bond acceptors (Lipinski definition) is 7. The molecule has 0 aromatic carbocycles. The van der Waals surface area contributed by atoms with Crippen LogP contribution >= 0.6 is 23.2 Å². The second-order valence-corrected chi connectivity index (χ2v) is 6.29. The third-order valence-electron chi connectivity index (χ3n) is 2.82. The van der Waals surface area contributed by atoms with Crippen molar-refractivity contribution < 1.29 is 31.8 Å². The maximum atomic E-state index is 11.4. The standard InChI is InChI=1S/C14H20Cl2O7S.2Na.2H/c15-9-5-1-3-7-11(17)13(19)22-24(21)23-14(20)12(18)8-4-2-6-10-16;;;;/h1-10H2;;;;. The number of rotatable bonds is 14. The first-order valence-corrected chi connectivity index (χ1v) is 9.54. The Bertz CT molecular complexity index is 438. The molecule has 0 bridgehead atoms. The van der Waals surface area contributed by atoms with E-state index in [1.165, 1.54) is 0 Å². The second kappa shape index (κ2) is 20.7. The quantitative estimate of drug-likeness (QED) is 0.169. The van der Waals surface area contributed by atoms with E-state index in [1.54, 1.807) is 0 Å². The molecule has 0 unspecified atom stereocenters. The Morgan fingerprint density at radius 2 is 1.00 bits per heavy atom. The van der Waals surface area contributed by atoms with Crippen LogP contribution in [-0.4, -0.2) is 98.6 Å². The molecule has 0 atom stereocenters. The average Bonchev–Trinajstić information content (AvgIpc) is 2.54. The van der Waals surface area contributed by atoms with E-state index in [-0.39, 0.29) is 72.0 Å². The number of carbonyl (C=O) groups is 4. The molecule has 0 radical (unpaired) electrons. The van der Waals surface area contributed by atoms with Crippen molar-refractivity contribution in [2.24, 2.45) is 0 Å². The van der Waals surface area contributed by atoms with Crippen LogP contribution in [0.15, 0.2) is 0 Å². The first kappa shape index (κ1) is 31.7. The van der Waals surface area contributed by atoms with Gasteiger partial charge in [0.15, 0.2) is 0 Å². The Labute approximate surface area is 210 Å². The third-order valence-corrected chi connectivity index (χ3v) is 3.93. The zero-order valence-corrected chi connectivity index (χ0v) is 15.4. The second-order valence-electron chi connectivity index (χ2n) is 4.79. The molecule has 0 heterocycles. The molecule has 0 fully saturated rings. The zero-order chi connectivity index (χ0) is 18.4. The van der Waals surface area contributed by atoms with Crippen LogP contribution in [-0.2, 0) is 38.9 Å². The fourth-order valence-corrected chi connectivity index (χ4v) is 2.40. The van der Waals surface area contributed by atoms with Crippen LogP contribution in [0.4, 0.5) is 0 Å². The van der Waals surface area contributed by atoms with Crippen molar-refractivity contribution >= 4 is 117 Å². The maximum absolute atomic E-state index is 11.4. The zero-order valence-electron chi connectivity index (χ0n) is 13.1. The van der Waals surface area contributed by atoms with E-state index in [4.69, 9.17) is 23.2 Å². The van der Waals surface area contributed by atoms with Gasteiger partial charge in [-0.25, -0.2) is 9.59 Å². The molecule has 12 heteroatoms. The Balaban J connectivity index is -0.00000264. The summed E-state index contributed by atoms with van der Waals surface area (Å²) in [6.07, 6.45) is 3.46. The molecule has 0 saturated carbocycles. The summed E-state index contributed by atoms with van der Waals surface area (Å²) in [5.74, 6) is -3.61. The number of Topliss-reactive ketones (excluding diaryl/α,β-unsaturated/α-hetero) is 2. The van der Waals surface area contributed by atoms with E-state index in [0.29, 0.717) is 50.3 Å². The fraction of sp³-hybridized carbons (Fsp3) is 0.714. The van der Waals surface area contributed by atoms with Crippen LogP contribution in [0.2, 0.25) is 0 Å². The first-order valence-electron chi connectivity index (χ1n) is 7.47. The molecule has 0 aliphatic carbocycles. The van der Waals surface area contributed by atoms with Crippen molar-refractivity contribution in [1.82, 2.24) is 0 Å². The molecule has 7 nitrogen and oxygen atoms in total. The van der Waals surface area contributed by atoms with E-state index in [9.17, 15) is 23.4 Å². The summed E-state index contributed by atoms with van der Waals surface area (Å²) in [7, 11) is 0. The molecule has 0 aliphatic heterocycles. The summed E-state index contributed by atoms with van der Waals surface area (Å²) < 4.78 is 19.7. The van der Waals surface area contributed by atoms with Crippen LogP contribution in [0.3, 0.4) is 0 Å². The van der Waals surface area contributed by atoms with Gasteiger partial charge >= 0.3 is 82.4 Å². The van der Waals surface area contributed by atoms with Gasteiger partial charge in [-0.3, -0.25) is 9.59 Å². The van der Waals surface area contributed by atoms with Crippen molar-refractivity contribution in [3.05, 3.63) is 0 Å². The summed E-state index contributed by atoms with van der Waals surface area (Å²) in [6, 6.07) is 0. The SMILES string of the molecule is O=C(CCCCCCl)C(=O)OS(=O)OC(=O)C(=O)CCCCCCl.[NaH].[NaH]. The van der Waals surface area contributed by atoms with Gasteiger partial charge in [0.1, 0.15) is 0 Å². The molecule has 142 valence electrons. The topological polar surface area (TPSA) is 104 Å². The van der Waals surface area contributed by atoms with Gasteiger partial charge in [0, 0.05) is 24.6 Å². The molecule has 0 N–H and O–H groups in total. The van der Waals surface area contributed by atoms with E-state index in [2.05, 4.69) is 8.37 Å². The Morgan fingerprint density at radius 3 is 1.31 bits per heavy atom. The van der Waals surface area contributed by atoms with Gasteiger partial charge in [0.2, 0.25) is 11.6 Å². The summed E-state index contributed by atoms with van der Waals surface area (Å²) in [6.45, 7) is 0. The number of ketones is 2. The van der Waals surface area contributed by atoms with Gasteiger partial charge in [0.05, 0.1) is 0 Å². The van der Waals surface area contributed by atoms with E-state index < -0.39 is 34.9 Å². The van der Waals surface area contributed by atoms with Gasteiger partial charge < -0.3 is 8.37 Å². The molecule has 0 rings (SSSR count). The third kappa shape index (κ3) is 17.1. The molecule has 0 spiro atoms. The van der Waals surface area contributed by atoms with Crippen molar-refractivity contribution in [3.63, 3.8) is 0 Å². The van der Waals surface area contributed by atoms with Gasteiger partial charge in [-0.15, -0.1) is 23.2 Å². The van der Waals surface area contributed by atoms with Crippen LogP contribution in [0.5, 0.6) is 0 Å². The van der Waals surface area contributed by atoms with Crippen LogP contribution in [0.1, 0.15) is 51.4 Å². The molecular weight excluding hydrogens is 429 g/mol. The Kier molecular flexibility index (Phi) is 25.3. The molecular formula is C14H22Cl2Na2O7S. The number of unbranched alkanes of at least 4 members (excludes halogenated alkanes) is 4.